The number of likely N-dealkylation sites (tertiary alicyclic amines) is 2. The lowest BCUT2D eigenvalue weighted by Crippen LogP contribution is -2.65. The van der Waals surface area contributed by atoms with Crippen molar-refractivity contribution >= 4 is 18.0 Å². The number of benzene rings is 3. The van der Waals surface area contributed by atoms with E-state index in [1.807, 2.05) is 61.5 Å². The topological polar surface area (TPSA) is 99.2 Å². The number of carboxylic acid groups (broad SMARTS) is 1. The smallest absolute Gasteiger partial charge is 0.408 e. The summed E-state index contributed by atoms with van der Waals surface area (Å²) in [6.07, 6.45) is 1.18. The Morgan fingerprint density at radius 2 is 1.57 bits per heavy atom. The molecule has 0 saturated carbocycles. The fourth-order valence-corrected chi connectivity index (χ4v) is 7.09. The number of aliphatic carboxylic acids is 1. The van der Waals surface area contributed by atoms with Crippen molar-refractivity contribution in [3.8, 4) is 11.1 Å². The second-order valence-electron chi connectivity index (χ2n) is 11.9. The van der Waals surface area contributed by atoms with Crippen molar-refractivity contribution in [2.45, 2.75) is 50.2 Å². The van der Waals surface area contributed by atoms with Gasteiger partial charge in [-0.3, -0.25) is 9.69 Å². The summed E-state index contributed by atoms with van der Waals surface area (Å²) >= 11 is 0. The maximum Gasteiger partial charge on any atom is 0.408 e. The van der Waals surface area contributed by atoms with E-state index in [0.717, 1.165) is 40.7 Å². The Morgan fingerprint density at radius 1 is 0.929 bits per heavy atom. The molecule has 2 fully saturated rings. The van der Waals surface area contributed by atoms with Gasteiger partial charge in [-0.1, -0.05) is 85.8 Å². The minimum atomic E-state index is -1.28. The first-order valence-electron chi connectivity index (χ1n) is 14.8. The van der Waals surface area contributed by atoms with E-state index in [1.165, 1.54) is 4.90 Å². The number of amides is 2. The summed E-state index contributed by atoms with van der Waals surface area (Å²) in [5.41, 5.74) is 4.33. The van der Waals surface area contributed by atoms with Crippen molar-refractivity contribution in [1.29, 1.82) is 0 Å². The summed E-state index contributed by atoms with van der Waals surface area (Å²) in [6.45, 7) is 3.86. The molecule has 2 heterocycles. The van der Waals surface area contributed by atoms with Gasteiger partial charge in [0.25, 0.3) is 5.91 Å². The van der Waals surface area contributed by atoms with Crippen LogP contribution in [0.3, 0.4) is 0 Å². The maximum atomic E-state index is 14.3. The SMILES string of the molecule is CC1CCCN(C(=O)C2(NC(=O)OCC3c4ccccc4-c4ccccc43)CCN(Cc3ccccc3)C2)C1C(=O)O. The summed E-state index contributed by atoms with van der Waals surface area (Å²) < 4.78 is 5.86. The summed E-state index contributed by atoms with van der Waals surface area (Å²) in [7, 11) is 0. The molecule has 3 aromatic rings. The Kier molecular flexibility index (Phi) is 7.73. The third kappa shape index (κ3) is 5.27. The number of hydrogen-bond acceptors (Lipinski definition) is 5. The van der Waals surface area contributed by atoms with E-state index in [2.05, 4.69) is 34.5 Å². The lowest BCUT2D eigenvalue weighted by Gasteiger charge is -2.42. The van der Waals surface area contributed by atoms with E-state index in [-0.39, 0.29) is 30.9 Å². The molecule has 6 rings (SSSR count). The molecule has 0 aromatic heterocycles. The number of rotatable bonds is 7. The second kappa shape index (κ2) is 11.6. The zero-order valence-corrected chi connectivity index (χ0v) is 23.9. The average Bonchev–Trinajstić information content (AvgIpc) is 3.55. The molecule has 42 heavy (non-hydrogen) atoms. The zero-order valence-electron chi connectivity index (χ0n) is 23.9. The summed E-state index contributed by atoms with van der Waals surface area (Å²) in [5.74, 6) is -1.63. The Bertz CT molecular complexity index is 1430. The second-order valence-corrected chi connectivity index (χ2v) is 11.9. The first-order chi connectivity index (χ1) is 20.4. The van der Waals surface area contributed by atoms with E-state index in [1.54, 1.807) is 0 Å². The largest absolute Gasteiger partial charge is 0.480 e. The summed E-state index contributed by atoms with van der Waals surface area (Å²) in [6, 6.07) is 25.4. The van der Waals surface area contributed by atoms with Gasteiger partial charge in [-0.15, -0.1) is 0 Å². The Balaban J connectivity index is 1.22. The van der Waals surface area contributed by atoms with Crippen LogP contribution in [-0.4, -0.2) is 70.7 Å². The highest BCUT2D eigenvalue weighted by atomic mass is 16.5. The molecular weight excluding hydrogens is 530 g/mol. The van der Waals surface area contributed by atoms with Crippen molar-refractivity contribution < 1.29 is 24.2 Å². The molecule has 0 spiro atoms. The van der Waals surface area contributed by atoms with Crippen LogP contribution in [0.25, 0.3) is 11.1 Å². The van der Waals surface area contributed by atoms with Crippen molar-refractivity contribution in [3.63, 3.8) is 0 Å². The van der Waals surface area contributed by atoms with Crippen LogP contribution in [0.15, 0.2) is 78.9 Å². The number of nitrogens with zero attached hydrogens (tertiary/aromatic N) is 2. The molecule has 2 amide bonds. The van der Waals surface area contributed by atoms with Crippen molar-refractivity contribution in [2.24, 2.45) is 5.92 Å². The van der Waals surface area contributed by atoms with Crippen LogP contribution in [0.1, 0.15) is 48.8 Å². The number of alkyl carbamates (subject to hydrolysis) is 1. The highest BCUT2D eigenvalue weighted by molar-refractivity contribution is 5.93. The fourth-order valence-electron chi connectivity index (χ4n) is 7.09. The molecule has 0 radical (unpaired) electrons. The summed E-state index contributed by atoms with van der Waals surface area (Å²) in [4.78, 5) is 43.6. The third-order valence-electron chi connectivity index (χ3n) is 9.14. The van der Waals surface area contributed by atoms with Gasteiger partial charge in [0.2, 0.25) is 0 Å². The van der Waals surface area contributed by atoms with Crippen molar-refractivity contribution in [1.82, 2.24) is 15.1 Å². The minimum absolute atomic E-state index is 0.104. The van der Waals surface area contributed by atoms with E-state index < -0.39 is 23.6 Å². The van der Waals surface area contributed by atoms with Gasteiger partial charge in [-0.25, -0.2) is 9.59 Å². The predicted molar refractivity (Wildman–Crippen MR) is 159 cm³/mol. The van der Waals surface area contributed by atoms with Crippen LogP contribution < -0.4 is 5.32 Å². The van der Waals surface area contributed by atoms with E-state index in [4.69, 9.17) is 4.74 Å². The molecule has 218 valence electrons. The van der Waals surface area contributed by atoms with Crippen LogP contribution in [0.5, 0.6) is 0 Å². The summed E-state index contributed by atoms with van der Waals surface area (Å²) in [5, 5.41) is 13.0. The molecule has 1 aliphatic carbocycles. The monoisotopic (exact) mass is 567 g/mol. The number of nitrogens with one attached hydrogen (secondary N) is 1. The standard InChI is InChI=1S/C34H37N3O5/c1-23-10-9-18-37(30(23)31(38)39)32(40)34(17-19-36(22-34)20-24-11-3-2-4-12-24)35-33(41)42-21-29-27-15-7-5-13-25(27)26-14-6-8-16-28(26)29/h2-8,11-16,23,29-30H,9-10,17-22H2,1H3,(H,35,41)(H,38,39). The Morgan fingerprint density at radius 3 is 2.24 bits per heavy atom. The quantitative estimate of drug-likeness (QED) is 0.422. The predicted octanol–water partition coefficient (Wildman–Crippen LogP) is 4.88. The van der Waals surface area contributed by atoms with E-state index in [0.29, 0.717) is 26.1 Å². The number of carbonyl (C=O) groups is 3. The molecular formula is C34H37N3O5. The minimum Gasteiger partial charge on any atom is -0.480 e. The van der Waals surface area contributed by atoms with Crippen LogP contribution in [-0.2, 0) is 20.9 Å². The lowest BCUT2D eigenvalue weighted by atomic mass is 9.87. The van der Waals surface area contributed by atoms with Gasteiger partial charge in [-0.2, -0.15) is 0 Å². The van der Waals surface area contributed by atoms with Crippen LogP contribution in [0.2, 0.25) is 0 Å². The fraction of sp³-hybridized carbons (Fsp3) is 0.382. The van der Waals surface area contributed by atoms with Gasteiger partial charge in [0.15, 0.2) is 0 Å². The number of ether oxygens (including phenoxy) is 1. The Labute approximate surface area is 246 Å². The van der Waals surface area contributed by atoms with Crippen molar-refractivity contribution in [3.05, 3.63) is 95.6 Å². The molecule has 2 aliphatic heterocycles. The van der Waals surface area contributed by atoms with Crippen LogP contribution >= 0.6 is 0 Å². The molecule has 3 unspecified atom stereocenters. The molecule has 0 bridgehead atoms. The van der Waals surface area contributed by atoms with Crippen molar-refractivity contribution in [2.75, 3.05) is 26.2 Å². The number of fused-ring (bicyclic) bond motifs is 3. The molecule has 8 heteroatoms. The number of hydrogen-bond donors (Lipinski definition) is 2. The molecule has 3 aliphatic rings. The van der Waals surface area contributed by atoms with Crippen LogP contribution in [0.4, 0.5) is 4.79 Å². The normalized spacial score (nSPS) is 23.7. The highest BCUT2D eigenvalue weighted by Crippen LogP contribution is 2.44. The van der Waals surface area contributed by atoms with Gasteiger partial charge in [0.05, 0.1) is 0 Å². The number of carboxylic acids is 1. The van der Waals surface area contributed by atoms with Gasteiger partial charge in [0, 0.05) is 32.1 Å². The molecule has 3 atom stereocenters. The first kappa shape index (κ1) is 28.0. The van der Waals surface area contributed by atoms with E-state index in [9.17, 15) is 19.5 Å². The average molecular weight is 568 g/mol. The molecule has 3 aromatic carbocycles. The first-order valence-corrected chi connectivity index (χ1v) is 14.8. The maximum absolute atomic E-state index is 14.3. The number of piperidine rings is 1. The van der Waals surface area contributed by atoms with Gasteiger partial charge < -0.3 is 20.1 Å². The van der Waals surface area contributed by atoms with Crippen LogP contribution in [0, 0.1) is 5.92 Å². The third-order valence-corrected chi connectivity index (χ3v) is 9.14. The number of carbonyl (C=O) groups excluding carboxylic acids is 2. The highest BCUT2D eigenvalue weighted by Gasteiger charge is 2.51. The van der Waals surface area contributed by atoms with E-state index >= 15 is 0 Å². The van der Waals surface area contributed by atoms with Gasteiger partial charge >= 0.3 is 12.1 Å². The molecule has 8 nitrogen and oxygen atoms in total. The zero-order chi connectivity index (χ0) is 29.3. The van der Waals surface area contributed by atoms with Gasteiger partial charge in [0.1, 0.15) is 18.2 Å². The Hall–Kier alpha value is -4.17. The lowest BCUT2D eigenvalue weighted by molar-refractivity contribution is -0.157. The molecule has 2 saturated heterocycles. The van der Waals surface area contributed by atoms with Gasteiger partial charge in [-0.05, 0) is 53.0 Å². The molecule has 2 N–H and O–H groups in total.